The highest BCUT2D eigenvalue weighted by Gasteiger charge is 2.34. The van der Waals surface area contributed by atoms with Crippen LogP contribution < -0.4 is 5.43 Å². The number of phenols is 1. The van der Waals surface area contributed by atoms with E-state index < -0.39 is 11.8 Å². The molecule has 126 valence electrons. The summed E-state index contributed by atoms with van der Waals surface area (Å²) in [7, 11) is 0. The molecule has 3 rings (SSSR count). The third kappa shape index (κ3) is 3.84. The number of para-hydroxylation sites is 1. The molecule has 25 heavy (non-hydrogen) atoms. The lowest BCUT2D eigenvalue weighted by Gasteiger charge is -2.16. The number of hydrogen-bond acceptors (Lipinski definition) is 5. The van der Waals surface area contributed by atoms with Gasteiger partial charge in [0.1, 0.15) is 5.75 Å². The fraction of sp³-hybridized carbons (Fsp3) is 0. The summed E-state index contributed by atoms with van der Waals surface area (Å²) in [5, 5.41) is 11.3. The molecule has 1 saturated heterocycles. The van der Waals surface area contributed by atoms with Crippen molar-refractivity contribution in [3.8, 4) is 5.75 Å². The maximum absolute atomic E-state index is 12.5. The van der Waals surface area contributed by atoms with Crippen LogP contribution in [0, 0.1) is 0 Å². The molecule has 0 aromatic heterocycles. The standard InChI is InChI=1S/C17H11ClN2O3S2/c18-11-5-3-4-10(8-11)9-14-16(23)20(17(24)25-14)19-15(22)12-6-1-2-7-13(12)21/h1-9,21H,(H,19,22)/b14-9-. The third-order valence-electron chi connectivity index (χ3n) is 3.30. The summed E-state index contributed by atoms with van der Waals surface area (Å²) >= 11 is 12.2. The Morgan fingerprint density at radius 1 is 1.24 bits per heavy atom. The number of aromatic hydroxyl groups is 1. The molecule has 2 aromatic rings. The zero-order chi connectivity index (χ0) is 18.0. The van der Waals surface area contributed by atoms with Crippen molar-refractivity contribution in [1.82, 2.24) is 10.4 Å². The molecule has 1 fully saturated rings. The first-order valence-corrected chi connectivity index (χ1v) is 8.68. The molecule has 1 aliphatic heterocycles. The predicted octanol–water partition coefficient (Wildman–Crippen LogP) is 3.59. The van der Waals surface area contributed by atoms with Crippen LogP contribution in [0.15, 0.2) is 53.4 Å². The smallest absolute Gasteiger partial charge is 0.285 e. The van der Waals surface area contributed by atoms with Gasteiger partial charge in [0.15, 0.2) is 4.32 Å². The fourth-order valence-electron chi connectivity index (χ4n) is 2.14. The van der Waals surface area contributed by atoms with Crippen molar-refractivity contribution in [2.75, 3.05) is 0 Å². The summed E-state index contributed by atoms with van der Waals surface area (Å²) in [5.41, 5.74) is 3.22. The van der Waals surface area contributed by atoms with Gasteiger partial charge in [-0.15, -0.1) is 0 Å². The maximum atomic E-state index is 12.5. The number of amides is 2. The minimum atomic E-state index is -0.626. The number of rotatable bonds is 3. The van der Waals surface area contributed by atoms with Crippen LogP contribution in [0.25, 0.3) is 6.08 Å². The lowest BCUT2D eigenvalue weighted by molar-refractivity contribution is -0.123. The number of thioether (sulfide) groups is 1. The van der Waals surface area contributed by atoms with Crippen LogP contribution in [-0.4, -0.2) is 26.3 Å². The summed E-state index contributed by atoms with van der Waals surface area (Å²) in [6, 6.07) is 13.1. The molecule has 0 radical (unpaired) electrons. The van der Waals surface area contributed by atoms with E-state index in [-0.39, 0.29) is 15.6 Å². The Morgan fingerprint density at radius 2 is 2.00 bits per heavy atom. The van der Waals surface area contributed by atoms with E-state index in [1.807, 2.05) is 0 Å². The highest BCUT2D eigenvalue weighted by atomic mass is 35.5. The number of halogens is 1. The van der Waals surface area contributed by atoms with Gasteiger partial charge >= 0.3 is 0 Å². The summed E-state index contributed by atoms with van der Waals surface area (Å²) < 4.78 is 0.196. The number of hydrogen-bond donors (Lipinski definition) is 2. The molecule has 2 amide bonds. The van der Waals surface area contributed by atoms with Gasteiger partial charge in [-0.25, -0.2) is 0 Å². The highest BCUT2D eigenvalue weighted by Crippen LogP contribution is 2.32. The van der Waals surface area contributed by atoms with Crippen molar-refractivity contribution in [2.24, 2.45) is 0 Å². The Balaban J connectivity index is 1.80. The largest absolute Gasteiger partial charge is 0.507 e. The average molecular weight is 391 g/mol. The van der Waals surface area contributed by atoms with Crippen molar-refractivity contribution in [3.05, 3.63) is 69.6 Å². The van der Waals surface area contributed by atoms with Crippen LogP contribution in [-0.2, 0) is 4.79 Å². The highest BCUT2D eigenvalue weighted by molar-refractivity contribution is 8.26. The number of carbonyl (C=O) groups excluding carboxylic acids is 2. The quantitative estimate of drug-likeness (QED) is 0.619. The third-order valence-corrected chi connectivity index (χ3v) is 4.84. The van der Waals surface area contributed by atoms with Crippen molar-refractivity contribution in [2.45, 2.75) is 0 Å². The topological polar surface area (TPSA) is 69.6 Å². The molecule has 5 nitrogen and oxygen atoms in total. The van der Waals surface area contributed by atoms with Gasteiger partial charge in [-0.05, 0) is 48.1 Å². The first kappa shape index (κ1) is 17.5. The van der Waals surface area contributed by atoms with Crippen LogP contribution in [0.5, 0.6) is 5.75 Å². The van der Waals surface area contributed by atoms with Gasteiger partial charge in [-0.3, -0.25) is 15.0 Å². The van der Waals surface area contributed by atoms with Crippen molar-refractivity contribution < 1.29 is 14.7 Å². The van der Waals surface area contributed by atoms with E-state index >= 15 is 0 Å². The summed E-state index contributed by atoms with van der Waals surface area (Å²) in [6.45, 7) is 0. The lowest BCUT2D eigenvalue weighted by Crippen LogP contribution is -2.44. The number of nitrogens with zero attached hydrogens (tertiary/aromatic N) is 1. The zero-order valence-electron chi connectivity index (χ0n) is 12.6. The van der Waals surface area contributed by atoms with Gasteiger partial charge in [0, 0.05) is 5.02 Å². The van der Waals surface area contributed by atoms with Gasteiger partial charge in [0.2, 0.25) is 0 Å². The lowest BCUT2D eigenvalue weighted by atomic mass is 10.2. The number of benzene rings is 2. The zero-order valence-corrected chi connectivity index (χ0v) is 15.0. The monoisotopic (exact) mass is 390 g/mol. The SMILES string of the molecule is O=C(NN1C(=O)/C(=C/c2cccc(Cl)c2)SC1=S)c1ccccc1O. The van der Waals surface area contributed by atoms with Crippen LogP contribution in [0.1, 0.15) is 15.9 Å². The average Bonchev–Trinajstić information content (AvgIpc) is 2.83. The molecule has 0 bridgehead atoms. The summed E-state index contributed by atoms with van der Waals surface area (Å²) in [5.74, 6) is -1.25. The van der Waals surface area contributed by atoms with Crippen LogP contribution in [0.3, 0.4) is 0 Å². The van der Waals surface area contributed by atoms with Gasteiger partial charge < -0.3 is 5.11 Å². The molecule has 0 unspecified atom stereocenters. The predicted molar refractivity (Wildman–Crippen MR) is 102 cm³/mol. The van der Waals surface area contributed by atoms with E-state index in [0.29, 0.717) is 9.93 Å². The normalized spacial score (nSPS) is 15.7. The Labute approximate surface area is 158 Å². The van der Waals surface area contributed by atoms with Crippen molar-refractivity contribution in [3.63, 3.8) is 0 Å². The van der Waals surface area contributed by atoms with E-state index in [1.54, 1.807) is 42.5 Å². The number of nitrogens with one attached hydrogen (secondary N) is 1. The minimum Gasteiger partial charge on any atom is -0.507 e. The molecular formula is C17H11ClN2O3S2. The first-order chi connectivity index (χ1) is 12.0. The fourth-order valence-corrected chi connectivity index (χ4v) is 3.52. The van der Waals surface area contributed by atoms with Crippen molar-refractivity contribution >= 4 is 57.8 Å². The number of thiocarbonyl (C=S) groups is 1. The second kappa shape index (κ2) is 7.26. The maximum Gasteiger partial charge on any atom is 0.285 e. The Bertz CT molecular complexity index is 914. The van der Waals surface area contributed by atoms with Gasteiger partial charge in [-0.2, -0.15) is 5.01 Å². The minimum absolute atomic E-state index is 0.0513. The molecule has 0 atom stereocenters. The molecule has 1 heterocycles. The molecule has 0 spiro atoms. The van der Waals surface area contributed by atoms with E-state index in [9.17, 15) is 14.7 Å². The summed E-state index contributed by atoms with van der Waals surface area (Å²) in [6.07, 6.45) is 1.65. The van der Waals surface area contributed by atoms with Gasteiger partial charge in [0.25, 0.3) is 11.8 Å². The number of phenolic OH excluding ortho intramolecular Hbond substituents is 1. The molecule has 1 aliphatic rings. The van der Waals surface area contributed by atoms with E-state index in [0.717, 1.165) is 22.3 Å². The van der Waals surface area contributed by atoms with Crippen LogP contribution >= 0.6 is 35.6 Å². The van der Waals surface area contributed by atoms with Crippen LogP contribution in [0.4, 0.5) is 0 Å². The Kier molecular flexibility index (Phi) is 5.08. The van der Waals surface area contributed by atoms with E-state index in [1.165, 1.54) is 12.1 Å². The number of hydrazine groups is 1. The van der Waals surface area contributed by atoms with Gasteiger partial charge in [-0.1, -0.05) is 47.6 Å². The Morgan fingerprint density at radius 3 is 2.72 bits per heavy atom. The second-order valence-corrected chi connectivity index (χ2v) is 7.14. The summed E-state index contributed by atoms with van der Waals surface area (Å²) in [4.78, 5) is 25.1. The first-order valence-electron chi connectivity index (χ1n) is 7.08. The Hall–Kier alpha value is -2.35. The van der Waals surface area contributed by atoms with Crippen molar-refractivity contribution in [1.29, 1.82) is 0 Å². The molecular weight excluding hydrogens is 380 g/mol. The second-order valence-electron chi connectivity index (χ2n) is 5.03. The van der Waals surface area contributed by atoms with E-state index in [4.69, 9.17) is 23.8 Å². The molecule has 0 saturated carbocycles. The molecule has 2 aromatic carbocycles. The van der Waals surface area contributed by atoms with Crippen LogP contribution in [0.2, 0.25) is 5.02 Å². The number of carbonyl (C=O) groups is 2. The van der Waals surface area contributed by atoms with Gasteiger partial charge in [0.05, 0.1) is 10.5 Å². The molecule has 0 aliphatic carbocycles. The molecule has 8 heteroatoms. The molecule has 2 N–H and O–H groups in total. The van der Waals surface area contributed by atoms with E-state index in [2.05, 4.69) is 5.43 Å².